The van der Waals surface area contributed by atoms with E-state index in [2.05, 4.69) is 0 Å². The van der Waals surface area contributed by atoms with Crippen molar-refractivity contribution >= 4 is 5.97 Å². The van der Waals surface area contributed by atoms with Gasteiger partial charge in [0.2, 0.25) is 0 Å². The summed E-state index contributed by atoms with van der Waals surface area (Å²) >= 11 is 0. The molecule has 1 N–H and O–H groups in total. The summed E-state index contributed by atoms with van der Waals surface area (Å²) in [5.74, 6) is 0.109. The highest BCUT2D eigenvalue weighted by atomic mass is 16.5. The third-order valence-electron chi connectivity index (χ3n) is 3.90. The molecule has 1 aromatic carbocycles. The molecular weight excluding hydrogens is 216 g/mol. The average Bonchev–Trinajstić information content (AvgIpc) is 3.05. The van der Waals surface area contributed by atoms with E-state index in [1.807, 2.05) is 24.3 Å². The van der Waals surface area contributed by atoms with Crippen LogP contribution < -0.4 is 4.74 Å². The number of aliphatic carboxylic acids is 1. The largest absolute Gasteiger partial charge is 0.490 e. The normalized spacial score (nSPS) is 21.6. The van der Waals surface area contributed by atoms with Crippen LogP contribution in [0.4, 0.5) is 0 Å². The van der Waals surface area contributed by atoms with E-state index in [9.17, 15) is 9.90 Å². The summed E-state index contributed by atoms with van der Waals surface area (Å²) < 4.78 is 5.80. The molecule has 3 heteroatoms. The van der Waals surface area contributed by atoms with Gasteiger partial charge in [0.15, 0.2) is 0 Å². The molecule has 1 aromatic rings. The lowest BCUT2D eigenvalue weighted by molar-refractivity contribution is -0.140. The molecule has 2 fully saturated rings. The molecule has 0 radical (unpaired) electrons. The van der Waals surface area contributed by atoms with Gasteiger partial charge in [-0.1, -0.05) is 12.1 Å². The molecule has 0 bridgehead atoms. The van der Waals surface area contributed by atoms with Gasteiger partial charge < -0.3 is 9.84 Å². The zero-order valence-electron chi connectivity index (χ0n) is 9.69. The summed E-state index contributed by atoms with van der Waals surface area (Å²) in [5.41, 5.74) is 0.265. The molecule has 0 atom stereocenters. The van der Waals surface area contributed by atoms with E-state index >= 15 is 0 Å². The lowest BCUT2D eigenvalue weighted by atomic mass is 9.95. The van der Waals surface area contributed by atoms with Crippen LogP contribution in [0.3, 0.4) is 0 Å². The van der Waals surface area contributed by atoms with E-state index in [0.717, 1.165) is 37.0 Å². The van der Waals surface area contributed by atoms with Gasteiger partial charge in [-0.3, -0.25) is 4.79 Å². The molecule has 0 saturated heterocycles. The summed E-state index contributed by atoms with van der Waals surface area (Å²) in [5, 5.41) is 9.25. The third-order valence-corrected chi connectivity index (χ3v) is 3.90. The molecule has 0 aromatic heterocycles. The smallest absolute Gasteiger partial charge is 0.314 e. The van der Waals surface area contributed by atoms with Crippen LogP contribution in [0.1, 0.15) is 37.7 Å². The highest BCUT2D eigenvalue weighted by Gasteiger charge is 2.51. The van der Waals surface area contributed by atoms with Crippen molar-refractivity contribution in [2.24, 2.45) is 0 Å². The predicted molar refractivity (Wildman–Crippen MR) is 63.3 cm³/mol. The molecule has 2 saturated carbocycles. The van der Waals surface area contributed by atoms with Crippen molar-refractivity contribution < 1.29 is 14.6 Å². The first-order valence-electron chi connectivity index (χ1n) is 6.21. The first kappa shape index (κ1) is 10.6. The van der Waals surface area contributed by atoms with Gasteiger partial charge in [0.1, 0.15) is 5.75 Å². The Morgan fingerprint density at radius 1 is 1.35 bits per heavy atom. The Morgan fingerprint density at radius 2 is 2.12 bits per heavy atom. The second-order valence-electron chi connectivity index (χ2n) is 5.09. The van der Waals surface area contributed by atoms with Crippen molar-refractivity contribution in [3.05, 3.63) is 29.8 Å². The number of carboxylic acids is 1. The van der Waals surface area contributed by atoms with E-state index in [1.54, 1.807) is 0 Å². The highest BCUT2D eigenvalue weighted by molar-refractivity contribution is 5.85. The second-order valence-corrected chi connectivity index (χ2v) is 5.09. The number of benzene rings is 1. The molecule has 2 aliphatic carbocycles. The van der Waals surface area contributed by atoms with Gasteiger partial charge in [-0.15, -0.1) is 0 Å². The Bertz CT molecular complexity index is 445. The van der Waals surface area contributed by atoms with Gasteiger partial charge in [-0.05, 0) is 49.8 Å². The van der Waals surface area contributed by atoms with E-state index < -0.39 is 11.4 Å². The maximum atomic E-state index is 11.2. The van der Waals surface area contributed by atoms with Crippen LogP contribution in [0.15, 0.2) is 24.3 Å². The van der Waals surface area contributed by atoms with Crippen molar-refractivity contribution in [3.8, 4) is 5.75 Å². The van der Waals surface area contributed by atoms with E-state index in [-0.39, 0.29) is 0 Å². The number of hydrogen-bond acceptors (Lipinski definition) is 2. The summed E-state index contributed by atoms with van der Waals surface area (Å²) in [4.78, 5) is 11.2. The number of rotatable bonds is 4. The molecule has 0 aliphatic heterocycles. The fourth-order valence-electron chi connectivity index (χ4n) is 2.30. The monoisotopic (exact) mass is 232 g/mol. The Kier molecular flexibility index (Phi) is 2.35. The van der Waals surface area contributed by atoms with Crippen LogP contribution in [0.2, 0.25) is 0 Å². The molecular formula is C14H16O3. The summed E-state index contributed by atoms with van der Waals surface area (Å²) in [6.07, 6.45) is 5.31. The van der Waals surface area contributed by atoms with Crippen molar-refractivity contribution in [2.45, 2.75) is 43.6 Å². The maximum absolute atomic E-state index is 11.2. The molecule has 0 heterocycles. The molecule has 0 spiro atoms. The first-order valence-corrected chi connectivity index (χ1v) is 6.21. The predicted octanol–water partition coefficient (Wildman–Crippen LogP) is 2.73. The minimum absolute atomic E-state index is 0.338. The summed E-state index contributed by atoms with van der Waals surface area (Å²) in [6, 6.07) is 7.61. The van der Waals surface area contributed by atoms with Crippen LogP contribution in [0.25, 0.3) is 0 Å². The summed E-state index contributed by atoms with van der Waals surface area (Å²) in [6.45, 7) is 0. The minimum Gasteiger partial charge on any atom is -0.490 e. The van der Waals surface area contributed by atoms with Crippen molar-refractivity contribution in [3.63, 3.8) is 0 Å². The van der Waals surface area contributed by atoms with E-state index in [1.165, 1.54) is 6.42 Å². The van der Waals surface area contributed by atoms with Crippen molar-refractivity contribution in [1.29, 1.82) is 0 Å². The fourth-order valence-corrected chi connectivity index (χ4v) is 2.30. The zero-order chi connectivity index (χ0) is 11.9. The number of carbonyl (C=O) groups is 1. The standard InChI is InChI=1S/C14H16O3/c15-13(16)14(7-8-14)10-3-1-6-12(9-10)17-11-4-2-5-11/h1,3,6,9,11H,2,4-5,7-8H2,(H,15,16). The van der Waals surface area contributed by atoms with Crippen LogP contribution in [0, 0.1) is 0 Å². The van der Waals surface area contributed by atoms with E-state index in [4.69, 9.17) is 4.74 Å². The van der Waals surface area contributed by atoms with Crippen LogP contribution >= 0.6 is 0 Å². The Morgan fingerprint density at radius 3 is 2.65 bits per heavy atom. The van der Waals surface area contributed by atoms with E-state index in [0.29, 0.717) is 6.10 Å². The van der Waals surface area contributed by atoms with Crippen LogP contribution in [-0.2, 0) is 10.2 Å². The Balaban J connectivity index is 1.81. The molecule has 0 unspecified atom stereocenters. The molecule has 0 amide bonds. The SMILES string of the molecule is O=C(O)C1(c2cccc(OC3CCC3)c2)CC1. The zero-order valence-corrected chi connectivity index (χ0v) is 9.69. The number of carboxylic acid groups (broad SMARTS) is 1. The fraction of sp³-hybridized carbons (Fsp3) is 0.500. The quantitative estimate of drug-likeness (QED) is 0.868. The first-order chi connectivity index (χ1) is 8.21. The van der Waals surface area contributed by atoms with Crippen molar-refractivity contribution in [1.82, 2.24) is 0 Å². The van der Waals surface area contributed by atoms with Gasteiger partial charge in [0.05, 0.1) is 11.5 Å². The molecule has 17 heavy (non-hydrogen) atoms. The minimum atomic E-state index is -0.710. The Labute approximate surface area is 100 Å². The summed E-state index contributed by atoms with van der Waals surface area (Å²) in [7, 11) is 0. The topological polar surface area (TPSA) is 46.5 Å². The molecule has 90 valence electrons. The lowest BCUT2D eigenvalue weighted by Gasteiger charge is -2.26. The maximum Gasteiger partial charge on any atom is 0.314 e. The number of hydrogen-bond donors (Lipinski definition) is 1. The van der Waals surface area contributed by atoms with Crippen molar-refractivity contribution in [2.75, 3.05) is 0 Å². The van der Waals surface area contributed by atoms with Gasteiger partial charge in [0.25, 0.3) is 0 Å². The molecule has 3 nitrogen and oxygen atoms in total. The number of ether oxygens (including phenoxy) is 1. The van der Waals surface area contributed by atoms with Gasteiger partial charge in [-0.2, -0.15) is 0 Å². The van der Waals surface area contributed by atoms with Gasteiger partial charge in [0, 0.05) is 0 Å². The third kappa shape index (κ3) is 1.79. The highest BCUT2D eigenvalue weighted by Crippen LogP contribution is 2.49. The lowest BCUT2D eigenvalue weighted by Crippen LogP contribution is -2.25. The van der Waals surface area contributed by atoms with Gasteiger partial charge in [-0.25, -0.2) is 0 Å². The van der Waals surface area contributed by atoms with Gasteiger partial charge >= 0.3 is 5.97 Å². The van der Waals surface area contributed by atoms with Crippen LogP contribution in [0.5, 0.6) is 5.75 Å². The van der Waals surface area contributed by atoms with Crippen LogP contribution in [-0.4, -0.2) is 17.2 Å². The second kappa shape index (κ2) is 3.76. The molecule has 3 rings (SSSR count). The Hall–Kier alpha value is -1.51. The molecule has 2 aliphatic rings. The average molecular weight is 232 g/mol.